The van der Waals surface area contributed by atoms with Gasteiger partial charge in [-0.25, -0.2) is 4.98 Å². The molecule has 2 N–H and O–H groups in total. The number of rotatable bonds is 9. The number of anilines is 1. The topological polar surface area (TPSA) is 85.9 Å². The molecule has 0 unspecified atom stereocenters. The van der Waals surface area contributed by atoms with Gasteiger partial charge in [0.05, 0.1) is 12.7 Å². The van der Waals surface area contributed by atoms with Crippen LogP contribution < -0.4 is 20.9 Å². The Balaban J connectivity index is 1.63. The van der Waals surface area contributed by atoms with E-state index in [1.165, 1.54) is 22.9 Å². The molecule has 3 aromatic rings. The van der Waals surface area contributed by atoms with Crippen molar-refractivity contribution in [2.75, 3.05) is 18.4 Å². The predicted molar refractivity (Wildman–Crippen MR) is 114 cm³/mol. The largest absolute Gasteiger partial charge is 0.618 e. The zero-order valence-electron chi connectivity index (χ0n) is 16.2. The molecule has 0 aliphatic carbocycles. The second-order valence-electron chi connectivity index (χ2n) is 6.66. The van der Waals surface area contributed by atoms with E-state index in [9.17, 15) is 18.8 Å². The Bertz CT molecular complexity index is 1110. The van der Waals surface area contributed by atoms with Crippen molar-refractivity contribution in [3.05, 3.63) is 91.9 Å². The molecule has 3 rings (SSSR count). The standard InChI is InChI=1S/C20H19Cl2F2N5O2/c21-15-5-3-4-14(10-15)11-25-7-9-28-17(22)12-26-18(19(28)30)27-13-20(23,24)16-6-1-2-8-29(16)31/h1-6,8,10,12,25H,7,9,11,13H2,(H,26,27). The number of hydrogen-bond donors (Lipinski definition) is 2. The van der Waals surface area contributed by atoms with Crippen LogP contribution in [0, 0.1) is 5.21 Å². The van der Waals surface area contributed by atoms with Crippen LogP contribution in [0.2, 0.25) is 10.2 Å². The third-order valence-electron chi connectivity index (χ3n) is 4.41. The zero-order valence-corrected chi connectivity index (χ0v) is 17.7. The maximum absolute atomic E-state index is 14.4. The van der Waals surface area contributed by atoms with E-state index in [-0.39, 0.29) is 22.2 Å². The summed E-state index contributed by atoms with van der Waals surface area (Å²) in [6.07, 6.45) is 2.18. The molecule has 0 aliphatic rings. The lowest BCUT2D eigenvalue weighted by Gasteiger charge is -2.17. The van der Waals surface area contributed by atoms with Crippen molar-refractivity contribution in [2.24, 2.45) is 0 Å². The van der Waals surface area contributed by atoms with Gasteiger partial charge < -0.3 is 15.8 Å². The molecule has 0 radical (unpaired) electrons. The van der Waals surface area contributed by atoms with Crippen molar-refractivity contribution in [1.82, 2.24) is 14.9 Å². The summed E-state index contributed by atoms with van der Waals surface area (Å²) in [7, 11) is 0. The smallest absolute Gasteiger partial charge is 0.347 e. The molecule has 2 aromatic heterocycles. The van der Waals surface area contributed by atoms with Gasteiger partial charge in [0, 0.05) is 36.8 Å². The number of alkyl halides is 2. The van der Waals surface area contributed by atoms with Crippen LogP contribution >= 0.6 is 23.2 Å². The quantitative estimate of drug-likeness (QED) is 0.285. The van der Waals surface area contributed by atoms with Gasteiger partial charge in [-0.15, -0.1) is 0 Å². The SMILES string of the molecule is O=c1c(NCC(F)(F)c2cccc[n+]2[O-])ncc(Cl)n1CCNCc1cccc(Cl)c1. The minimum atomic E-state index is -3.51. The van der Waals surface area contributed by atoms with E-state index < -0.39 is 23.7 Å². The van der Waals surface area contributed by atoms with Gasteiger partial charge in [-0.3, -0.25) is 9.36 Å². The lowest BCUT2D eigenvalue weighted by molar-refractivity contribution is -0.624. The van der Waals surface area contributed by atoms with Crippen LogP contribution in [0.1, 0.15) is 11.3 Å². The van der Waals surface area contributed by atoms with E-state index in [1.54, 1.807) is 6.07 Å². The molecule has 0 bridgehead atoms. The molecule has 31 heavy (non-hydrogen) atoms. The van der Waals surface area contributed by atoms with Gasteiger partial charge in [0.2, 0.25) is 0 Å². The highest BCUT2D eigenvalue weighted by molar-refractivity contribution is 6.30. The number of halogens is 4. The van der Waals surface area contributed by atoms with Crippen LogP contribution in [-0.4, -0.2) is 22.6 Å². The minimum Gasteiger partial charge on any atom is -0.618 e. The molecular weight excluding hydrogens is 451 g/mol. The summed E-state index contributed by atoms with van der Waals surface area (Å²) in [6, 6.07) is 11.0. The Hall–Kier alpha value is -2.75. The Morgan fingerprint density at radius 2 is 2.00 bits per heavy atom. The van der Waals surface area contributed by atoms with Crippen molar-refractivity contribution >= 4 is 29.0 Å². The van der Waals surface area contributed by atoms with E-state index in [0.29, 0.717) is 18.1 Å². The Labute approximate surface area is 186 Å². The summed E-state index contributed by atoms with van der Waals surface area (Å²) in [6.45, 7) is 0.148. The van der Waals surface area contributed by atoms with Crippen molar-refractivity contribution in [3.63, 3.8) is 0 Å². The molecule has 7 nitrogen and oxygen atoms in total. The van der Waals surface area contributed by atoms with E-state index in [0.717, 1.165) is 17.8 Å². The fraction of sp³-hybridized carbons (Fsp3) is 0.250. The highest BCUT2D eigenvalue weighted by atomic mass is 35.5. The monoisotopic (exact) mass is 469 g/mol. The summed E-state index contributed by atoms with van der Waals surface area (Å²) in [5.74, 6) is -3.80. The number of pyridine rings is 1. The normalized spacial score (nSPS) is 11.5. The van der Waals surface area contributed by atoms with Crippen molar-refractivity contribution in [2.45, 2.75) is 19.0 Å². The van der Waals surface area contributed by atoms with Crippen molar-refractivity contribution in [1.29, 1.82) is 0 Å². The molecule has 0 saturated heterocycles. The van der Waals surface area contributed by atoms with Crippen LogP contribution in [0.5, 0.6) is 0 Å². The Kier molecular flexibility index (Phi) is 7.42. The van der Waals surface area contributed by atoms with Crippen LogP contribution in [0.25, 0.3) is 0 Å². The number of benzene rings is 1. The van der Waals surface area contributed by atoms with Crippen molar-refractivity contribution < 1.29 is 13.5 Å². The number of nitrogens with one attached hydrogen (secondary N) is 2. The maximum Gasteiger partial charge on any atom is 0.347 e. The molecule has 0 aliphatic heterocycles. The summed E-state index contributed by atoms with van der Waals surface area (Å²) in [5, 5.41) is 17.8. The number of aromatic nitrogens is 3. The van der Waals surface area contributed by atoms with Crippen LogP contribution in [0.3, 0.4) is 0 Å². The first kappa shape index (κ1) is 22.9. The minimum absolute atomic E-state index is 0.0762. The van der Waals surface area contributed by atoms with Crippen LogP contribution in [-0.2, 0) is 19.0 Å². The van der Waals surface area contributed by atoms with Crippen molar-refractivity contribution in [3.8, 4) is 0 Å². The molecule has 0 amide bonds. The molecule has 0 saturated carbocycles. The number of nitrogens with zero attached hydrogens (tertiary/aromatic N) is 3. The Morgan fingerprint density at radius 1 is 1.19 bits per heavy atom. The van der Waals surface area contributed by atoms with Gasteiger partial charge in [-0.1, -0.05) is 35.3 Å². The summed E-state index contributed by atoms with van der Waals surface area (Å²) >= 11 is 12.0. The average molecular weight is 470 g/mol. The maximum atomic E-state index is 14.4. The second kappa shape index (κ2) is 10.0. The highest BCUT2D eigenvalue weighted by Crippen LogP contribution is 2.25. The van der Waals surface area contributed by atoms with E-state index in [2.05, 4.69) is 15.6 Å². The first-order chi connectivity index (χ1) is 14.8. The number of hydrogen-bond acceptors (Lipinski definition) is 5. The fourth-order valence-corrected chi connectivity index (χ4v) is 3.29. The fourth-order valence-electron chi connectivity index (χ4n) is 2.86. The zero-order chi connectivity index (χ0) is 22.4. The molecule has 1 aromatic carbocycles. The molecule has 11 heteroatoms. The molecule has 0 fully saturated rings. The summed E-state index contributed by atoms with van der Waals surface area (Å²) in [5.41, 5.74) is -0.403. The van der Waals surface area contributed by atoms with E-state index >= 15 is 0 Å². The molecule has 0 atom stereocenters. The molecule has 2 heterocycles. The van der Waals surface area contributed by atoms with E-state index in [4.69, 9.17) is 23.2 Å². The second-order valence-corrected chi connectivity index (χ2v) is 7.49. The van der Waals surface area contributed by atoms with Gasteiger partial charge in [0.25, 0.3) is 11.3 Å². The van der Waals surface area contributed by atoms with E-state index in [1.807, 2.05) is 18.2 Å². The lowest BCUT2D eigenvalue weighted by Crippen LogP contribution is -2.41. The highest BCUT2D eigenvalue weighted by Gasteiger charge is 2.39. The third-order valence-corrected chi connectivity index (χ3v) is 4.95. The first-order valence-electron chi connectivity index (χ1n) is 9.29. The lowest BCUT2D eigenvalue weighted by atomic mass is 10.2. The summed E-state index contributed by atoms with van der Waals surface area (Å²) in [4.78, 5) is 16.4. The third kappa shape index (κ3) is 5.90. The van der Waals surface area contributed by atoms with Gasteiger partial charge >= 0.3 is 5.92 Å². The van der Waals surface area contributed by atoms with Crippen LogP contribution in [0.4, 0.5) is 14.6 Å². The van der Waals surface area contributed by atoms with Gasteiger partial charge in [0.1, 0.15) is 5.15 Å². The molecule has 0 spiro atoms. The van der Waals surface area contributed by atoms with Gasteiger partial charge in [-0.2, -0.15) is 13.5 Å². The Morgan fingerprint density at radius 3 is 2.74 bits per heavy atom. The van der Waals surface area contributed by atoms with Crippen LogP contribution in [0.15, 0.2) is 59.7 Å². The summed E-state index contributed by atoms with van der Waals surface area (Å²) < 4.78 is 30.1. The van der Waals surface area contributed by atoms with Gasteiger partial charge in [-0.05, 0) is 23.8 Å². The molecule has 164 valence electrons. The first-order valence-corrected chi connectivity index (χ1v) is 10.0. The average Bonchev–Trinajstić information content (AvgIpc) is 2.73. The predicted octanol–water partition coefficient (Wildman–Crippen LogP) is 3.18. The van der Waals surface area contributed by atoms with Gasteiger partial charge in [0.15, 0.2) is 12.0 Å². The molecular formula is C20H19Cl2F2N5O2.